The van der Waals surface area contributed by atoms with E-state index in [2.05, 4.69) is 10.6 Å². The summed E-state index contributed by atoms with van der Waals surface area (Å²) in [5, 5.41) is 16.1. The zero-order valence-electron chi connectivity index (χ0n) is 27.2. The van der Waals surface area contributed by atoms with Crippen LogP contribution in [0.25, 0.3) is 11.2 Å². The predicted octanol–water partition coefficient (Wildman–Crippen LogP) is 5.58. The number of carbonyl (C=O) groups is 2. The molecule has 46 heavy (non-hydrogen) atoms. The van der Waals surface area contributed by atoms with Gasteiger partial charge in [0, 0.05) is 24.9 Å². The third kappa shape index (κ3) is 9.29. The fourth-order valence-electron chi connectivity index (χ4n) is 5.70. The maximum Gasteiger partial charge on any atom is 0.410 e. The summed E-state index contributed by atoms with van der Waals surface area (Å²) in [4.78, 5) is 40.0. The number of Topliss-reactive ketones (excluding diaryl/α,β-unsaturated/α-hetero) is 1. The number of benzene rings is 1. The second-order valence-corrected chi connectivity index (χ2v) is 13.0. The zero-order valence-corrected chi connectivity index (χ0v) is 27.2. The van der Waals surface area contributed by atoms with Crippen LogP contribution < -0.4 is 15.4 Å². The Labute approximate surface area is 270 Å². The molecule has 0 spiro atoms. The lowest BCUT2D eigenvalue weighted by atomic mass is 9.95. The molecule has 2 aliphatic rings. The van der Waals surface area contributed by atoms with Gasteiger partial charge in [-0.25, -0.2) is 9.78 Å². The highest BCUT2D eigenvalue weighted by molar-refractivity contribution is 5.85. The Hall–Kier alpha value is -3.97. The van der Waals surface area contributed by atoms with Crippen molar-refractivity contribution in [2.24, 2.45) is 0 Å². The van der Waals surface area contributed by atoms with E-state index >= 15 is 0 Å². The molecule has 3 N–H and O–H groups in total. The fraction of sp³-hybridized carbons (Fsp3) is 0.606. The van der Waals surface area contributed by atoms with Crippen LogP contribution in [0.5, 0.6) is 5.75 Å². The van der Waals surface area contributed by atoms with Gasteiger partial charge in [0.1, 0.15) is 24.2 Å². The molecule has 1 atom stereocenters. The second-order valence-electron chi connectivity index (χ2n) is 13.0. The van der Waals surface area contributed by atoms with E-state index in [-0.39, 0.29) is 19.3 Å². The number of fused-ring (bicyclic) bond motifs is 1. The van der Waals surface area contributed by atoms with Crippen LogP contribution in [0.4, 0.5) is 22.2 Å². The van der Waals surface area contributed by atoms with Crippen molar-refractivity contribution in [3.05, 3.63) is 30.6 Å². The van der Waals surface area contributed by atoms with Gasteiger partial charge in [-0.3, -0.25) is 9.36 Å². The molecule has 250 valence electrons. The van der Waals surface area contributed by atoms with Crippen LogP contribution in [-0.4, -0.2) is 86.0 Å². The molecule has 0 radical (unpaired) electrons. The van der Waals surface area contributed by atoms with Gasteiger partial charge in [0.15, 0.2) is 22.8 Å². The van der Waals surface area contributed by atoms with Gasteiger partial charge in [-0.15, -0.1) is 0 Å². The maximum atomic E-state index is 12.5. The van der Waals surface area contributed by atoms with Crippen LogP contribution in [0.1, 0.15) is 84.8 Å². The van der Waals surface area contributed by atoms with E-state index in [0.717, 1.165) is 61.4 Å². The van der Waals surface area contributed by atoms with Crippen LogP contribution in [-0.2, 0) is 14.3 Å². The van der Waals surface area contributed by atoms with Crippen LogP contribution in [0.15, 0.2) is 30.6 Å². The minimum absolute atomic E-state index is 0.0909. The summed E-state index contributed by atoms with van der Waals surface area (Å²) in [6.45, 7) is 5.74. The van der Waals surface area contributed by atoms with Gasteiger partial charge in [-0.1, -0.05) is 19.3 Å². The summed E-state index contributed by atoms with van der Waals surface area (Å²) in [5.41, 5.74) is 1.59. The van der Waals surface area contributed by atoms with E-state index in [1.165, 1.54) is 24.2 Å². The number of carbonyl (C=O) groups excluding carboxylic acids is 2. The van der Waals surface area contributed by atoms with E-state index in [1.54, 1.807) is 20.8 Å². The van der Waals surface area contributed by atoms with E-state index in [1.807, 2.05) is 35.2 Å². The summed E-state index contributed by atoms with van der Waals surface area (Å²) < 4.78 is 19.4. The second kappa shape index (κ2) is 15.5. The molecule has 1 aromatic carbocycles. The van der Waals surface area contributed by atoms with Gasteiger partial charge in [-0.05, 0) is 83.6 Å². The SMILES string of the molecule is CC(C)(C)OC(=O)N(CCCOc1ccc(Nc2nc(NC3CCCCC3)c3ncn(C4CCCCO4)c3n2)cc1)CC(=O)CO. The number of anilines is 3. The smallest absolute Gasteiger partial charge is 0.410 e. The van der Waals surface area contributed by atoms with Gasteiger partial charge in [0.2, 0.25) is 5.95 Å². The number of ether oxygens (including phenoxy) is 3. The van der Waals surface area contributed by atoms with Crippen molar-refractivity contribution in [3.8, 4) is 5.75 Å². The van der Waals surface area contributed by atoms with E-state index in [4.69, 9.17) is 34.3 Å². The quantitative estimate of drug-likeness (QED) is 0.201. The van der Waals surface area contributed by atoms with Crippen LogP contribution in [0.2, 0.25) is 0 Å². The number of imidazole rings is 1. The summed E-state index contributed by atoms with van der Waals surface area (Å²) in [6, 6.07) is 7.85. The highest BCUT2D eigenvalue weighted by atomic mass is 16.6. The number of nitrogens with zero attached hydrogens (tertiary/aromatic N) is 5. The topological polar surface area (TPSA) is 153 Å². The lowest BCUT2D eigenvalue weighted by Crippen LogP contribution is -2.41. The summed E-state index contributed by atoms with van der Waals surface area (Å²) >= 11 is 0. The minimum Gasteiger partial charge on any atom is -0.494 e. The van der Waals surface area contributed by atoms with Gasteiger partial charge in [0.25, 0.3) is 0 Å². The number of nitrogens with one attached hydrogen (secondary N) is 2. The number of aromatic nitrogens is 4. The Balaban J connectivity index is 1.22. The largest absolute Gasteiger partial charge is 0.494 e. The standard InChI is InChI=1S/C33H47N7O6/c1-33(2,3)46-32(43)39(20-25(42)21-41)17-9-19-44-26-15-13-24(14-16-26)36-31-37-29(35-23-10-5-4-6-11-23)28-30(38-31)40(22-34-28)27-12-7-8-18-45-27/h13-16,22-23,27,41H,4-12,17-21H2,1-3H3,(H2,35,36,37,38). The van der Waals surface area contributed by atoms with E-state index in [9.17, 15) is 9.59 Å². The molecule has 1 saturated heterocycles. The molecular weight excluding hydrogens is 590 g/mol. The van der Waals surface area contributed by atoms with E-state index in [0.29, 0.717) is 30.8 Å². The molecule has 2 fully saturated rings. The first-order chi connectivity index (χ1) is 22.2. The molecule has 5 rings (SSSR count). The van der Waals surface area contributed by atoms with Gasteiger partial charge < -0.3 is 34.9 Å². The van der Waals surface area contributed by atoms with Crippen molar-refractivity contribution < 1.29 is 28.9 Å². The molecule has 1 aliphatic carbocycles. The van der Waals surface area contributed by atoms with Crippen molar-refractivity contribution in [1.29, 1.82) is 0 Å². The number of aliphatic hydroxyl groups excluding tert-OH is 1. The van der Waals surface area contributed by atoms with Crippen LogP contribution in [0.3, 0.4) is 0 Å². The van der Waals surface area contributed by atoms with Crippen molar-refractivity contribution >= 4 is 40.5 Å². The highest BCUT2D eigenvalue weighted by Crippen LogP contribution is 2.31. The molecule has 3 heterocycles. The Morgan fingerprint density at radius 2 is 1.83 bits per heavy atom. The predicted molar refractivity (Wildman–Crippen MR) is 174 cm³/mol. The van der Waals surface area contributed by atoms with Crippen molar-refractivity contribution in [3.63, 3.8) is 0 Å². The van der Waals surface area contributed by atoms with Crippen molar-refractivity contribution in [2.45, 2.75) is 96.4 Å². The summed E-state index contributed by atoms with van der Waals surface area (Å²) in [6.07, 6.45) is 10.6. The molecule has 1 saturated carbocycles. The molecule has 13 heteroatoms. The van der Waals surface area contributed by atoms with Crippen LogP contribution in [0, 0.1) is 0 Å². The fourth-order valence-corrected chi connectivity index (χ4v) is 5.70. The summed E-state index contributed by atoms with van der Waals surface area (Å²) in [5.74, 6) is 1.40. The third-order valence-electron chi connectivity index (χ3n) is 7.98. The van der Waals surface area contributed by atoms with Gasteiger partial charge in [-0.2, -0.15) is 9.97 Å². The molecule has 13 nitrogen and oxygen atoms in total. The average molecular weight is 638 g/mol. The molecule has 1 unspecified atom stereocenters. The Morgan fingerprint density at radius 3 is 2.52 bits per heavy atom. The Morgan fingerprint density at radius 1 is 1.07 bits per heavy atom. The number of hydrogen-bond donors (Lipinski definition) is 3. The number of ketones is 1. The van der Waals surface area contributed by atoms with E-state index < -0.39 is 24.1 Å². The lowest BCUT2D eigenvalue weighted by Gasteiger charge is -2.26. The Kier molecular flexibility index (Phi) is 11.3. The monoisotopic (exact) mass is 637 g/mol. The van der Waals surface area contributed by atoms with Crippen LogP contribution >= 0.6 is 0 Å². The van der Waals surface area contributed by atoms with Crippen molar-refractivity contribution in [2.75, 3.05) is 43.5 Å². The maximum absolute atomic E-state index is 12.5. The number of hydrogen-bond acceptors (Lipinski definition) is 11. The number of aliphatic hydroxyl groups is 1. The third-order valence-corrected chi connectivity index (χ3v) is 7.98. The van der Waals surface area contributed by atoms with Gasteiger partial charge in [0.05, 0.1) is 19.5 Å². The molecule has 2 aromatic heterocycles. The minimum atomic E-state index is -0.695. The first kappa shape index (κ1) is 33.4. The number of rotatable bonds is 13. The first-order valence-electron chi connectivity index (χ1n) is 16.4. The molecule has 1 amide bonds. The Bertz CT molecular complexity index is 1440. The molecule has 1 aliphatic heterocycles. The highest BCUT2D eigenvalue weighted by Gasteiger charge is 2.25. The molecular formula is C33H47N7O6. The average Bonchev–Trinajstić information content (AvgIpc) is 3.47. The first-order valence-corrected chi connectivity index (χ1v) is 16.4. The molecule has 0 bridgehead atoms. The van der Waals surface area contributed by atoms with Crippen molar-refractivity contribution in [1.82, 2.24) is 24.4 Å². The molecule has 3 aromatic rings. The zero-order chi connectivity index (χ0) is 32.5. The summed E-state index contributed by atoms with van der Waals surface area (Å²) in [7, 11) is 0. The number of amides is 1. The van der Waals surface area contributed by atoms with Gasteiger partial charge >= 0.3 is 6.09 Å². The lowest BCUT2D eigenvalue weighted by molar-refractivity contribution is -0.123. The normalized spacial score (nSPS) is 17.4.